The Hall–Kier alpha value is -2.89. The molecule has 2 heterocycles. The number of pyridine rings is 1. The van der Waals surface area contributed by atoms with Crippen LogP contribution in [0.25, 0.3) is 11.0 Å². The highest BCUT2D eigenvalue weighted by molar-refractivity contribution is 5.90. The number of methoxy groups -OCH3 is 1. The number of aromatic nitrogens is 3. The maximum atomic E-state index is 11.9. The second-order valence-corrected chi connectivity index (χ2v) is 5.96. The Morgan fingerprint density at radius 3 is 2.83 bits per heavy atom. The topological polar surface area (TPSA) is 79.9 Å². The number of benzene rings is 1. The molecule has 1 fully saturated rings. The number of rotatable bonds is 5. The van der Waals surface area contributed by atoms with Gasteiger partial charge < -0.3 is 15.0 Å². The lowest BCUT2D eigenvalue weighted by molar-refractivity contribution is 0.0598. The molecule has 3 aromatic rings. The van der Waals surface area contributed by atoms with Crippen LogP contribution in [-0.2, 0) is 11.3 Å². The summed E-state index contributed by atoms with van der Waals surface area (Å²) in [5.41, 5.74) is 4.23. The van der Waals surface area contributed by atoms with Crippen LogP contribution in [0.4, 0.5) is 5.95 Å². The van der Waals surface area contributed by atoms with Crippen LogP contribution in [-0.4, -0.2) is 28.0 Å². The summed E-state index contributed by atoms with van der Waals surface area (Å²) in [6, 6.07) is 11.5. The van der Waals surface area contributed by atoms with Crippen molar-refractivity contribution in [2.75, 3.05) is 12.4 Å². The smallest absolute Gasteiger partial charge is 0.339 e. The zero-order chi connectivity index (χ0) is 16.5. The van der Waals surface area contributed by atoms with Gasteiger partial charge in [0.2, 0.25) is 5.95 Å². The number of hydrogen-bond acceptors (Lipinski definition) is 5. The lowest BCUT2D eigenvalue weighted by Crippen LogP contribution is -2.10. The molecule has 2 N–H and O–H groups in total. The summed E-state index contributed by atoms with van der Waals surface area (Å²) in [4.78, 5) is 24.2. The first-order valence-corrected chi connectivity index (χ1v) is 8.01. The normalized spacial score (nSPS) is 13.9. The molecule has 122 valence electrons. The minimum absolute atomic E-state index is 0.318. The van der Waals surface area contributed by atoms with Crippen LogP contribution >= 0.6 is 0 Å². The van der Waals surface area contributed by atoms with E-state index in [1.165, 1.54) is 7.11 Å². The monoisotopic (exact) mass is 322 g/mol. The van der Waals surface area contributed by atoms with E-state index in [2.05, 4.69) is 20.3 Å². The Balaban J connectivity index is 1.54. The van der Waals surface area contributed by atoms with E-state index in [9.17, 15) is 4.79 Å². The number of H-pyrrole nitrogens is 1. The highest BCUT2D eigenvalue weighted by Gasteiger charge is 2.30. The zero-order valence-corrected chi connectivity index (χ0v) is 13.4. The number of ether oxygens (including phenoxy) is 1. The number of para-hydroxylation sites is 2. The molecule has 4 rings (SSSR count). The molecule has 24 heavy (non-hydrogen) atoms. The van der Waals surface area contributed by atoms with Crippen molar-refractivity contribution in [1.82, 2.24) is 15.0 Å². The predicted molar refractivity (Wildman–Crippen MR) is 91.0 cm³/mol. The van der Waals surface area contributed by atoms with Crippen LogP contribution in [0.1, 0.15) is 40.5 Å². The molecule has 0 aliphatic heterocycles. The van der Waals surface area contributed by atoms with Crippen LogP contribution < -0.4 is 5.32 Å². The van der Waals surface area contributed by atoms with E-state index in [4.69, 9.17) is 4.74 Å². The summed E-state index contributed by atoms with van der Waals surface area (Å²) in [7, 11) is 1.40. The Kier molecular flexibility index (Phi) is 3.65. The predicted octanol–water partition coefficient (Wildman–Crippen LogP) is 3.23. The molecule has 6 heteroatoms. The van der Waals surface area contributed by atoms with Gasteiger partial charge in [0.1, 0.15) is 0 Å². The van der Waals surface area contributed by atoms with Crippen molar-refractivity contribution in [3.05, 3.63) is 53.3 Å². The zero-order valence-electron chi connectivity index (χ0n) is 13.4. The van der Waals surface area contributed by atoms with Gasteiger partial charge in [0.25, 0.3) is 0 Å². The molecule has 2 aromatic heterocycles. The Labute approximate surface area is 139 Å². The minimum Gasteiger partial charge on any atom is -0.465 e. The van der Waals surface area contributed by atoms with Gasteiger partial charge in [-0.05, 0) is 37.1 Å². The average molecular weight is 322 g/mol. The average Bonchev–Trinajstić information content (AvgIpc) is 3.38. The Morgan fingerprint density at radius 1 is 1.25 bits per heavy atom. The summed E-state index contributed by atoms with van der Waals surface area (Å²) < 4.78 is 4.85. The molecule has 6 nitrogen and oxygen atoms in total. The van der Waals surface area contributed by atoms with E-state index in [1.807, 2.05) is 36.4 Å². The fourth-order valence-electron chi connectivity index (χ4n) is 2.78. The molecule has 0 radical (unpaired) electrons. The van der Waals surface area contributed by atoms with E-state index in [-0.39, 0.29) is 5.97 Å². The highest BCUT2D eigenvalue weighted by Crippen LogP contribution is 2.40. The van der Waals surface area contributed by atoms with Crippen molar-refractivity contribution in [3.8, 4) is 0 Å². The third kappa shape index (κ3) is 2.82. The number of fused-ring (bicyclic) bond motifs is 1. The maximum absolute atomic E-state index is 11.9. The lowest BCUT2D eigenvalue weighted by Gasteiger charge is -2.09. The summed E-state index contributed by atoms with van der Waals surface area (Å²) in [5.74, 6) is 0.773. The number of anilines is 1. The molecule has 0 bridgehead atoms. The fourth-order valence-corrected chi connectivity index (χ4v) is 2.78. The van der Waals surface area contributed by atoms with Gasteiger partial charge in [-0.2, -0.15) is 0 Å². The lowest BCUT2D eigenvalue weighted by atomic mass is 10.1. The van der Waals surface area contributed by atoms with E-state index in [1.54, 1.807) is 0 Å². The Morgan fingerprint density at radius 2 is 2.08 bits per heavy atom. The summed E-state index contributed by atoms with van der Waals surface area (Å²) in [6.07, 6.45) is 2.16. The summed E-state index contributed by atoms with van der Waals surface area (Å²) in [6.45, 7) is 0.543. The van der Waals surface area contributed by atoms with Gasteiger partial charge in [0.15, 0.2) is 0 Å². The van der Waals surface area contributed by atoms with Gasteiger partial charge in [-0.15, -0.1) is 0 Å². The van der Waals surface area contributed by atoms with E-state index < -0.39 is 0 Å². The summed E-state index contributed by atoms with van der Waals surface area (Å²) in [5, 5.41) is 3.25. The SMILES string of the molecule is COC(=O)c1ccc(CNc2nc3ccccc3[nH]2)nc1C1CC1. The van der Waals surface area contributed by atoms with Gasteiger partial charge in [-0.25, -0.2) is 9.78 Å². The van der Waals surface area contributed by atoms with E-state index in [0.29, 0.717) is 24.0 Å². The molecule has 0 atom stereocenters. The largest absolute Gasteiger partial charge is 0.465 e. The number of nitrogens with one attached hydrogen (secondary N) is 2. The first kappa shape index (κ1) is 14.7. The van der Waals surface area contributed by atoms with E-state index in [0.717, 1.165) is 35.3 Å². The molecular formula is C18H18N4O2. The molecule has 0 saturated heterocycles. The van der Waals surface area contributed by atoms with E-state index >= 15 is 0 Å². The first-order chi connectivity index (χ1) is 11.7. The molecule has 1 aliphatic carbocycles. The summed E-state index contributed by atoms with van der Waals surface area (Å²) >= 11 is 0. The maximum Gasteiger partial charge on any atom is 0.339 e. The van der Waals surface area contributed by atoms with Crippen molar-refractivity contribution >= 4 is 23.0 Å². The second kappa shape index (κ2) is 5.96. The second-order valence-electron chi connectivity index (χ2n) is 5.96. The number of hydrogen-bond donors (Lipinski definition) is 2. The molecule has 1 aromatic carbocycles. The number of esters is 1. The number of carbonyl (C=O) groups excluding carboxylic acids is 1. The van der Waals surface area contributed by atoms with Crippen molar-refractivity contribution in [2.45, 2.75) is 25.3 Å². The van der Waals surface area contributed by atoms with Gasteiger partial charge in [-0.3, -0.25) is 4.98 Å². The van der Waals surface area contributed by atoms with Gasteiger partial charge in [0, 0.05) is 5.92 Å². The number of aromatic amines is 1. The minimum atomic E-state index is -0.318. The number of imidazole rings is 1. The molecule has 1 saturated carbocycles. The van der Waals surface area contributed by atoms with Gasteiger partial charge in [-0.1, -0.05) is 12.1 Å². The third-order valence-corrected chi connectivity index (χ3v) is 4.18. The fraction of sp³-hybridized carbons (Fsp3) is 0.278. The first-order valence-electron chi connectivity index (χ1n) is 8.01. The van der Waals surface area contributed by atoms with Gasteiger partial charge in [0.05, 0.1) is 41.6 Å². The third-order valence-electron chi connectivity index (χ3n) is 4.18. The van der Waals surface area contributed by atoms with Crippen molar-refractivity contribution in [2.24, 2.45) is 0 Å². The highest BCUT2D eigenvalue weighted by atomic mass is 16.5. The van der Waals surface area contributed by atoms with Crippen molar-refractivity contribution in [3.63, 3.8) is 0 Å². The van der Waals surface area contributed by atoms with Gasteiger partial charge >= 0.3 is 5.97 Å². The van der Waals surface area contributed by atoms with Crippen molar-refractivity contribution in [1.29, 1.82) is 0 Å². The molecular weight excluding hydrogens is 304 g/mol. The van der Waals surface area contributed by atoms with Crippen LogP contribution in [0.15, 0.2) is 36.4 Å². The van der Waals surface area contributed by atoms with Crippen LogP contribution in [0, 0.1) is 0 Å². The molecule has 1 aliphatic rings. The van der Waals surface area contributed by atoms with Crippen molar-refractivity contribution < 1.29 is 9.53 Å². The number of nitrogens with zero attached hydrogens (tertiary/aromatic N) is 2. The van der Waals surface area contributed by atoms with Crippen LogP contribution in [0.2, 0.25) is 0 Å². The molecule has 0 spiro atoms. The molecule has 0 amide bonds. The molecule has 0 unspecified atom stereocenters. The van der Waals surface area contributed by atoms with Crippen LogP contribution in [0.3, 0.4) is 0 Å². The van der Waals surface area contributed by atoms with Crippen LogP contribution in [0.5, 0.6) is 0 Å². The number of carbonyl (C=O) groups is 1. The Bertz CT molecular complexity index is 866. The standard InChI is InChI=1S/C18H18N4O2/c1-24-17(23)13-9-8-12(20-16(13)11-6-7-11)10-19-18-21-14-4-2-3-5-15(14)22-18/h2-5,8-9,11H,6-7,10H2,1H3,(H2,19,21,22). The quantitative estimate of drug-likeness (QED) is 0.705.